The summed E-state index contributed by atoms with van der Waals surface area (Å²) < 4.78 is 0. The SMILES string of the molecule is NC(CCNC(=O)c1ccsc1)=NO. The fraction of sp³-hybridized carbons (Fsp3) is 0.250. The molecule has 1 aromatic rings. The summed E-state index contributed by atoms with van der Waals surface area (Å²) in [5.74, 6) is -0.0346. The minimum atomic E-state index is -0.142. The number of amidine groups is 1. The van der Waals surface area contributed by atoms with Crippen molar-refractivity contribution in [3.05, 3.63) is 22.4 Å². The minimum Gasteiger partial charge on any atom is -0.409 e. The van der Waals surface area contributed by atoms with Crippen LogP contribution in [0.2, 0.25) is 0 Å². The Morgan fingerprint density at radius 2 is 2.50 bits per heavy atom. The Kier molecular flexibility index (Phi) is 3.93. The third-order valence-corrected chi connectivity index (χ3v) is 2.26. The Balaban J connectivity index is 2.29. The molecule has 0 spiro atoms. The monoisotopic (exact) mass is 213 g/mol. The van der Waals surface area contributed by atoms with E-state index in [1.165, 1.54) is 11.3 Å². The van der Waals surface area contributed by atoms with Crippen molar-refractivity contribution in [2.45, 2.75) is 6.42 Å². The molecular formula is C8H11N3O2S. The lowest BCUT2D eigenvalue weighted by Gasteiger charge is -2.01. The number of rotatable bonds is 4. The van der Waals surface area contributed by atoms with Gasteiger partial charge in [-0.2, -0.15) is 11.3 Å². The quantitative estimate of drug-likeness (QED) is 0.296. The third kappa shape index (κ3) is 3.06. The van der Waals surface area contributed by atoms with Gasteiger partial charge >= 0.3 is 0 Å². The van der Waals surface area contributed by atoms with Crippen molar-refractivity contribution in [3.63, 3.8) is 0 Å². The van der Waals surface area contributed by atoms with E-state index in [9.17, 15) is 4.79 Å². The van der Waals surface area contributed by atoms with E-state index >= 15 is 0 Å². The van der Waals surface area contributed by atoms with Crippen molar-refractivity contribution in [2.24, 2.45) is 10.9 Å². The van der Waals surface area contributed by atoms with Crippen LogP contribution in [0.5, 0.6) is 0 Å². The Bertz CT molecular complexity index is 321. The fourth-order valence-corrected chi connectivity index (χ4v) is 1.49. The van der Waals surface area contributed by atoms with Crippen LogP contribution in [-0.4, -0.2) is 23.5 Å². The van der Waals surface area contributed by atoms with Crippen molar-refractivity contribution in [3.8, 4) is 0 Å². The number of thiophene rings is 1. The molecular weight excluding hydrogens is 202 g/mol. The smallest absolute Gasteiger partial charge is 0.252 e. The minimum absolute atomic E-state index is 0.107. The van der Waals surface area contributed by atoms with E-state index in [-0.39, 0.29) is 11.7 Å². The second kappa shape index (κ2) is 5.23. The zero-order chi connectivity index (χ0) is 10.4. The van der Waals surface area contributed by atoms with Gasteiger partial charge in [-0.1, -0.05) is 5.16 Å². The van der Waals surface area contributed by atoms with Gasteiger partial charge in [0.15, 0.2) is 0 Å². The molecule has 0 aliphatic heterocycles. The lowest BCUT2D eigenvalue weighted by molar-refractivity contribution is 0.0955. The molecule has 1 rings (SSSR count). The number of nitrogens with two attached hydrogens (primary N) is 1. The summed E-state index contributed by atoms with van der Waals surface area (Å²) >= 11 is 1.46. The molecule has 4 N–H and O–H groups in total. The van der Waals surface area contributed by atoms with Crippen LogP contribution in [0.25, 0.3) is 0 Å². The maximum Gasteiger partial charge on any atom is 0.252 e. The molecule has 0 bridgehead atoms. The summed E-state index contributed by atoms with van der Waals surface area (Å²) in [5, 5.41) is 17.3. The van der Waals surface area contributed by atoms with E-state index in [4.69, 9.17) is 10.9 Å². The molecule has 0 aliphatic rings. The topological polar surface area (TPSA) is 87.7 Å². The van der Waals surface area contributed by atoms with Gasteiger partial charge in [-0.15, -0.1) is 0 Å². The average Bonchev–Trinajstić information content (AvgIpc) is 2.70. The van der Waals surface area contributed by atoms with Gasteiger partial charge in [-0.3, -0.25) is 4.79 Å². The van der Waals surface area contributed by atoms with E-state index in [0.717, 1.165) is 0 Å². The summed E-state index contributed by atoms with van der Waals surface area (Å²) in [6.45, 7) is 0.366. The Morgan fingerprint density at radius 3 is 3.07 bits per heavy atom. The molecule has 14 heavy (non-hydrogen) atoms. The zero-order valence-corrected chi connectivity index (χ0v) is 8.25. The van der Waals surface area contributed by atoms with Crippen LogP contribution in [0.4, 0.5) is 0 Å². The number of nitrogens with zero attached hydrogens (tertiary/aromatic N) is 1. The first-order valence-corrected chi connectivity index (χ1v) is 4.95. The molecule has 1 aromatic heterocycles. The fourth-order valence-electron chi connectivity index (χ4n) is 0.850. The maximum absolute atomic E-state index is 11.3. The Labute approximate surface area is 85.2 Å². The number of carbonyl (C=O) groups excluding carboxylic acids is 1. The van der Waals surface area contributed by atoms with Gasteiger partial charge in [-0.05, 0) is 11.4 Å². The van der Waals surface area contributed by atoms with E-state index < -0.39 is 0 Å². The molecule has 0 aliphatic carbocycles. The van der Waals surface area contributed by atoms with Crippen LogP contribution in [0.3, 0.4) is 0 Å². The lowest BCUT2D eigenvalue weighted by Crippen LogP contribution is -2.27. The van der Waals surface area contributed by atoms with E-state index in [1.54, 1.807) is 11.4 Å². The molecule has 1 heterocycles. The normalized spacial score (nSPS) is 11.3. The van der Waals surface area contributed by atoms with E-state index in [1.807, 2.05) is 5.38 Å². The van der Waals surface area contributed by atoms with Gasteiger partial charge in [0.25, 0.3) is 5.91 Å². The lowest BCUT2D eigenvalue weighted by atomic mass is 10.3. The Morgan fingerprint density at radius 1 is 1.71 bits per heavy atom. The maximum atomic E-state index is 11.3. The third-order valence-electron chi connectivity index (χ3n) is 1.58. The highest BCUT2D eigenvalue weighted by molar-refractivity contribution is 7.08. The predicted octanol–water partition coefficient (Wildman–Crippen LogP) is 0.614. The van der Waals surface area contributed by atoms with Crippen LogP contribution >= 0.6 is 11.3 Å². The number of amides is 1. The second-order valence-corrected chi connectivity index (χ2v) is 3.39. The number of oxime groups is 1. The van der Waals surface area contributed by atoms with Crippen LogP contribution in [0, 0.1) is 0 Å². The van der Waals surface area contributed by atoms with E-state index in [2.05, 4.69) is 10.5 Å². The van der Waals surface area contributed by atoms with Crippen LogP contribution < -0.4 is 11.1 Å². The molecule has 0 saturated carbocycles. The van der Waals surface area contributed by atoms with Crippen molar-refractivity contribution in [2.75, 3.05) is 6.54 Å². The van der Waals surface area contributed by atoms with Gasteiger partial charge in [-0.25, -0.2) is 0 Å². The van der Waals surface area contributed by atoms with Gasteiger partial charge in [0, 0.05) is 23.9 Å². The molecule has 0 radical (unpaired) electrons. The number of carbonyl (C=O) groups is 1. The number of hydrogen-bond acceptors (Lipinski definition) is 4. The van der Waals surface area contributed by atoms with Crippen molar-refractivity contribution in [1.29, 1.82) is 0 Å². The molecule has 0 saturated heterocycles. The summed E-state index contributed by atoms with van der Waals surface area (Å²) in [6.07, 6.45) is 0.340. The van der Waals surface area contributed by atoms with Gasteiger partial charge in [0.05, 0.1) is 0 Å². The average molecular weight is 213 g/mol. The molecule has 5 nitrogen and oxygen atoms in total. The highest BCUT2D eigenvalue weighted by atomic mass is 32.1. The van der Waals surface area contributed by atoms with Gasteiger partial charge < -0.3 is 16.3 Å². The second-order valence-electron chi connectivity index (χ2n) is 2.61. The summed E-state index contributed by atoms with van der Waals surface area (Å²) in [6, 6.07) is 1.74. The number of hydrogen-bond donors (Lipinski definition) is 3. The van der Waals surface area contributed by atoms with Crippen LogP contribution in [0.1, 0.15) is 16.8 Å². The summed E-state index contributed by atoms with van der Waals surface area (Å²) in [5.41, 5.74) is 5.86. The molecule has 0 aromatic carbocycles. The highest BCUT2D eigenvalue weighted by Gasteiger charge is 2.04. The van der Waals surface area contributed by atoms with Crippen molar-refractivity contribution >= 4 is 23.1 Å². The number of nitrogens with one attached hydrogen (secondary N) is 1. The highest BCUT2D eigenvalue weighted by Crippen LogP contribution is 2.04. The molecule has 0 fully saturated rings. The van der Waals surface area contributed by atoms with Crippen molar-refractivity contribution < 1.29 is 10.0 Å². The van der Waals surface area contributed by atoms with Crippen molar-refractivity contribution in [1.82, 2.24) is 5.32 Å². The first kappa shape index (κ1) is 10.5. The first-order valence-electron chi connectivity index (χ1n) is 4.01. The molecule has 1 amide bonds. The van der Waals surface area contributed by atoms with Crippen LogP contribution in [-0.2, 0) is 0 Å². The molecule has 76 valence electrons. The van der Waals surface area contributed by atoms with Gasteiger partial charge in [0.1, 0.15) is 5.84 Å². The Hall–Kier alpha value is -1.56. The standard InChI is InChI=1S/C8H11N3O2S/c9-7(11-13)1-3-10-8(12)6-2-4-14-5-6/h2,4-5,13H,1,3H2,(H2,9,11)(H,10,12). The molecule has 0 atom stereocenters. The predicted molar refractivity (Wildman–Crippen MR) is 54.7 cm³/mol. The summed E-state index contributed by atoms with van der Waals surface area (Å²) in [7, 11) is 0. The van der Waals surface area contributed by atoms with Gasteiger partial charge in [0.2, 0.25) is 0 Å². The largest absolute Gasteiger partial charge is 0.409 e. The first-order chi connectivity index (χ1) is 6.74. The van der Waals surface area contributed by atoms with E-state index in [0.29, 0.717) is 18.5 Å². The summed E-state index contributed by atoms with van der Waals surface area (Å²) in [4.78, 5) is 11.3. The molecule has 6 heteroatoms. The van der Waals surface area contributed by atoms with Crippen LogP contribution in [0.15, 0.2) is 22.0 Å². The molecule has 0 unspecified atom stereocenters. The zero-order valence-electron chi connectivity index (χ0n) is 7.43.